The molecule has 21 nitrogen and oxygen atoms in total. The zero-order chi connectivity index (χ0) is 48.7. The second kappa shape index (κ2) is 24.7. The number of ketones is 1. The van der Waals surface area contributed by atoms with Crippen molar-refractivity contribution in [3.8, 4) is 0 Å². The Morgan fingerprint density at radius 3 is 2.38 bits per heavy atom. The molecular formula is C44H60N10O11S. The summed E-state index contributed by atoms with van der Waals surface area (Å²) in [6.07, 6.45) is 3.68. The molecule has 358 valence electrons. The van der Waals surface area contributed by atoms with E-state index in [1.807, 2.05) is 42.1 Å². The molecule has 1 aliphatic heterocycles. The highest BCUT2D eigenvalue weighted by atomic mass is 32.1. The number of carbonyl (C=O) groups excluding carboxylic acids is 9. The number of methoxy groups -OCH3 is 1. The van der Waals surface area contributed by atoms with E-state index in [2.05, 4.69) is 47.5 Å². The van der Waals surface area contributed by atoms with Crippen LogP contribution in [0.1, 0.15) is 69.8 Å². The number of aryl methyl sites for hydroxylation is 1. The van der Waals surface area contributed by atoms with Gasteiger partial charge in [0.25, 0.3) is 11.8 Å². The first-order chi connectivity index (χ1) is 31.4. The zero-order valence-corrected chi connectivity index (χ0v) is 38.8. The molecule has 1 aromatic carbocycles. The quantitative estimate of drug-likeness (QED) is 0.0658. The van der Waals surface area contributed by atoms with Gasteiger partial charge in [0.15, 0.2) is 0 Å². The van der Waals surface area contributed by atoms with Gasteiger partial charge < -0.3 is 56.9 Å². The van der Waals surface area contributed by atoms with Crippen LogP contribution in [0.3, 0.4) is 0 Å². The largest absolute Gasteiger partial charge is 0.382 e. The van der Waals surface area contributed by atoms with Crippen molar-refractivity contribution >= 4 is 81.9 Å². The number of hydrogen-bond donors (Lipinski definition) is 9. The third kappa shape index (κ3) is 14.0. The van der Waals surface area contributed by atoms with Crippen molar-refractivity contribution in [2.45, 2.75) is 96.2 Å². The van der Waals surface area contributed by atoms with Gasteiger partial charge in [0.05, 0.1) is 24.9 Å². The Kier molecular flexibility index (Phi) is 19.5. The average Bonchev–Trinajstić information content (AvgIpc) is 3.91. The third-order valence-corrected chi connectivity index (χ3v) is 12.3. The van der Waals surface area contributed by atoms with Crippen molar-refractivity contribution in [2.24, 2.45) is 18.9 Å². The van der Waals surface area contributed by atoms with Crippen LogP contribution in [0.5, 0.6) is 0 Å². The molecule has 2 unspecified atom stereocenters. The Hall–Kier alpha value is -6.52. The number of thiazole rings is 1. The molecule has 2 aromatic heterocycles. The Bertz CT molecular complexity index is 2280. The number of nitrogens with zero attached hydrogens (tertiary/aromatic N) is 2. The van der Waals surface area contributed by atoms with Crippen molar-refractivity contribution in [3.63, 3.8) is 0 Å². The summed E-state index contributed by atoms with van der Waals surface area (Å²) in [6.45, 7) is 7.02. The van der Waals surface area contributed by atoms with Gasteiger partial charge in [0.1, 0.15) is 41.3 Å². The smallest absolute Gasteiger partial charge is 0.290 e. The summed E-state index contributed by atoms with van der Waals surface area (Å²) >= 11 is 1.14. The number of hydrogen-bond acceptors (Lipinski definition) is 13. The van der Waals surface area contributed by atoms with Crippen LogP contribution in [0.4, 0.5) is 0 Å². The molecule has 8 amide bonds. The van der Waals surface area contributed by atoms with Crippen molar-refractivity contribution in [1.82, 2.24) is 52.1 Å². The molecule has 0 fully saturated rings. The van der Waals surface area contributed by atoms with E-state index in [0.717, 1.165) is 22.2 Å². The molecule has 9 atom stereocenters. The normalized spacial score (nSPS) is 22.6. The van der Waals surface area contributed by atoms with E-state index in [-0.39, 0.29) is 19.4 Å². The van der Waals surface area contributed by atoms with E-state index in [4.69, 9.17) is 4.74 Å². The number of Topliss-reactive ketones (excluding diaryl/α,β-unsaturated/α-hetero) is 1. The fourth-order valence-corrected chi connectivity index (χ4v) is 7.83. The fourth-order valence-electron chi connectivity index (χ4n) is 7.01. The van der Waals surface area contributed by atoms with Gasteiger partial charge in [-0.3, -0.25) is 43.2 Å². The number of aliphatic hydroxyl groups is 1. The van der Waals surface area contributed by atoms with E-state index in [0.29, 0.717) is 29.1 Å². The lowest BCUT2D eigenvalue weighted by atomic mass is 9.94. The molecule has 3 heterocycles. The first-order valence-corrected chi connectivity index (χ1v) is 22.4. The van der Waals surface area contributed by atoms with Gasteiger partial charge in [-0.15, -0.1) is 11.3 Å². The highest BCUT2D eigenvalue weighted by Crippen LogP contribution is 2.23. The minimum atomic E-state index is -1.72. The first-order valence-electron chi connectivity index (χ1n) is 21.6. The molecule has 3 aromatic rings. The first kappa shape index (κ1) is 52.1. The van der Waals surface area contributed by atoms with Gasteiger partial charge in [0.2, 0.25) is 41.7 Å². The number of ether oxygens (including phenoxy) is 1. The molecule has 4 rings (SSSR count). The lowest BCUT2D eigenvalue weighted by Gasteiger charge is -2.29. The third-order valence-electron chi connectivity index (χ3n) is 11.3. The molecule has 22 heteroatoms. The fraction of sp³-hybridized carbons (Fsp3) is 0.500. The van der Waals surface area contributed by atoms with Gasteiger partial charge in [-0.25, -0.2) is 4.98 Å². The second-order valence-electron chi connectivity index (χ2n) is 16.2. The maximum Gasteiger partial charge on any atom is 0.290 e. The maximum absolute atomic E-state index is 14.2. The monoisotopic (exact) mass is 936 g/mol. The van der Waals surface area contributed by atoms with Crippen LogP contribution in [-0.2, 0) is 61.4 Å². The summed E-state index contributed by atoms with van der Waals surface area (Å²) in [5.74, 6) is -8.23. The minimum Gasteiger partial charge on any atom is -0.382 e. The van der Waals surface area contributed by atoms with Crippen LogP contribution in [-0.4, -0.2) is 131 Å². The second-order valence-corrected chi connectivity index (χ2v) is 17.0. The van der Waals surface area contributed by atoms with Gasteiger partial charge in [0, 0.05) is 55.7 Å². The van der Waals surface area contributed by atoms with E-state index in [1.165, 1.54) is 26.2 Å². The molecule has 0 spiro atoms. The van der Waals surface area contributed by atoms with E-state index < -0.39 is 114 Å². The highest BCUT2D eigenvalue weighted by Gasteiger charge is 2.36. The van der Waals surface area contributed by atoms with Crippen LogP contribution < -0.4 is 42.5 Å². The van der Waals surface area contributed by atoms with Crippen LogP contribution in [0.2, 0.25) is 0 Å². The number of aromatic nitrogens is 2. The summed E-state index contributed by atoms with van der Waals surface area (Å²) in [5, 5.41) is 33.4. The van der Waals surface area contributed by atoms with Gasteiger partial charge in [-0.2, -0.15) is 0 Å². The lowest BCUT2D eigenvalue weighted by Crippen LogP contribution is -2.62. The molecule has 1 aliphatic rings. The molecular weight excluding hydrogens is 877 g/mol. The Labute approximate surface area is 386 Å². The average molecular weight is 937 g/mol. The van der Waals surface area contributed by atoms with Crippen molar-refractivity contribution in [2.75, 3.05) is 26.8 Å². The summed E-state index contributed by atoms with van der Waals surface area (Å²) in [5.41, 5.74) is 1.91. The molecule has 66 heavy (non-hydrogen) atoms. The predicted molar refractivity (Wildman–Crippen MR) is 243 cm³/mol. The Morgan fingerprint density at radius 1 is 0.970 bits per heavy atom. The van der Waals surface area contributed by atoms with Gasteiger partial charge in [-0.05, 0) is 36.5 Å². The van der Waals surface area contributed by atoms with Crippen molar-refractivity contribution in [3.05, 3.63) is 58.2 Å². The van der Waals surface area contributed by atoms with Crippen LogP contribution >= 0.6 is 11.3 Å². The standard InChI is InChI=1S/C44H60N10O11S/c1-8-23(3)35-37(58)43(64)51-31(20-65-7)44-48-27(21-66-44)14-15-34(57)49-29(16-26-19-54(6)32-13-11-10-12-28(26)32)39(60)46-17-30(40(61)47-25(5)38(59)52-35)50-42(63)36(24(4)9-2)53-41(62)33(56)18-45-22-55/h10-15,19,21-25,29-31,33,35-36,56H,8-9,16-18,20H2,1-7H3,(H,45,55)(H,46,60)(H,47,61)(H,49,57)(H,50,63)(H,51,64)(H,52,59)(H,53,62)/b15-14+/t23?,24?,25-,29-,30-,31-,33+,35-,36-/m0/s1. The van der Waals surface area contributed by atoms with Gasteiger partial charge in [-0.1, -0.05) is 58.7 Å². The van der Waals surface area contributed by atoms with E-state index in [9.17, 15) is 48.3 Å². The highest BCUT2D eigenvalue weighted by molar-refractivity contribution is 7.09. The molecule has 0 saturated heterocycles. The molecule has 2 bridgehead atoms. The number of para-hydroxylation sites is 1. The molecule has 0 saturated carbocycles. The van der Waals surface area contributed by atoms with Crippen molar-refractivity contribution in [1.29, 1.82) is 0 Å². The molecule has 9 N–H and O–H groups in total. The van der Waals surface area contributed by atoms with E-state index >= 15 is 0 Å². The summed E-state index contributed by atoms with van der Waals surface area (Å²) < 4.78 is 7.18. The predicted octanol–water partition coefficient (Wildman–Crippen LogP) is -0.964. The number of amides is 8. The zero-order valence-electron chi connectivity index (χ0n) is 38.0. The molecule has 0 aliphatic carbocycles. The lowest BCUT2D eigenvalue weighted by molar-refractivity contribution is -0.142. The number of aliphatic hydroxyl groups excluding tert-OH is 1. The summed E-state index contributed by atoms with van der Waals surface area (Å²) in [6, 6.07) is -0.327. The summed E-state index contributed by atoms with van der Waals surface area (Å²) in [7, 11) is 3.24. The number of benzene rings is 1. The summed E-state index contributed by atoms with van der Waals surface area (Å²) in [4.78, 5) is 125. The maximum atomic E-state index is 14.2. The minimum absolute atomic E-state index is 0.00802. The van der Waals surface area contributed by atoms with Crippen LogP contribution in [0, 0.1) is 11.8 Å². The van der Waals surface area contributed by atoms with Crippen LogP contribution in [0.15, 0.2) is 41.9 Å². The molecule has 0 radical (unpaired) electrons. The number of rotatable bonds is 15. The van der Waals surface area contributed by atoms with Gasteiger partial charge >= 0.3 is 0 Å². The number of fused-ring (bicyclic) bond motifs is 3. The Balaban J connectivity index is 1.76. The number of nitrogens with one attached hydrogen (secondary N) is 8. The topological polar surface area (TPSA) is 297 Å². The van der Waals surface area contributed by atoms with Crippen molar-refractivity contribution < 1.29 is 53.0 Å². The van der Waals surface area contributed by atoms with E-state index in [1.54, 1.807) is 33.1 Å². The Morgan fingerprint density at radius 2 is 1.70 bits per heavy atom. The number of carbonyl (C=O) groups is 9. The van der Waals surface area contributed by atoms with Crippen LogP contribution in [0.25, 0.3) is 17.0 Å². The SMILES string of the molecule is CCC(C)[C@H](NC(=O)[C@H](O)CNC=O)C(=O)N[C@H]1CNC(=O)[C@H](Cc2cn(C)c3ccccc23)NC(=O)/C=C/c2csc(n2)[C@H](COC)NC(=O)C(=O)[C@H](C(C)CC)NC(=O)[C@H](C)NC1=O.